The molecule has 0 saturated heterocycles. The first-order chi connectivity index (χ1) is 10.9. The van der Waals surface area contributed by atoms with Crippen molar-refractivity contribution in [2.45, 2.75) is 47.5 Å². The predicted octanol–water partition coefficient (Wildman–Crippen LogP) is 5.54. The van der Waals surface area contributed by atoms with Crippen LogP contribution in [0.4, 0.5) is 0 Å². The lowest BCUT2D eigenvalue weighted by atomic mass is 10.1. The van der Waals surface area contributed by atoms with E-state index < -0.39 is 0 Å². The number of rotatable bonds is 5. The summed E-state index contributed by atoms with van der Waals surface area (Å²) in [5.74, 6) is 0. The van der Waals surface area contributed by atoms with Gasteiger partial charge in [-0.25, -0.2) is 0 Å². The van der Waals surface area contributed by atoms with E-state index >= 15 is 0 Å². The van der Waals surface area contributed by atoms with Crippen molar-refractivity contribution < 1.29 is 10.2 Å². The molecule has 2 aromatic rings. The van der Waals surface area contributed by atoms with Gasteiger partial charge < -0.3 is 10.2 Å². The molecule has 0 amide bonds. The molecule has 0 aliphatic heterocycles. The van der Waals surface area contributed by atoms with Crippen molar-refractivity contribution in [2.75, 3.05) is 0 Å². The Morgan fingerprint density at radius 3 is 1.96 bits per heavy atom. The van der Waals surface area contributed by atoms with Crippen LogP contribution in [0.15, 0.2) is 34.1 Å². The van der Waals surface area contributed by atoms with Crippen LogP contribution in [0, 0.1) is 20.8 Å². The number of hydrogen-bond acceptors (Lipinski definition) is 3. The molecule has 0 aliphatic carbocycles. The van der Waals surface area contributed by atoms with Crippen molar-refractivity contribution in [2.24, 2.45) is 0 Å². The zero-order chi connectivity index (χ0) is 17.1. The topological polar surface area (TPSA) is 40.5 Å². The van der Waals surface area contributed by atoms with E-state index in [2.05, 4.69) is 57.0 Å². The van der Waals surface area contributed by atoms with Crippen LogP contribution in [0.3, 0.4) is 0 Å². The second kappa shape index (κ2) is 8.17. The molecular weight excluding hydrogens is 440 g/mol. The lowest BCUT2D eigenvalue weighted by molar-refractivity contribution is 0.280. The van der Waals surface area contributed by atoms with Gasteiger partial charge in [-0.3, -0.25) is 0 Å². The van der Waals surface area contributed by atoms with Gasteiger partial charge in [0.25, 0.3) is 0 Å². The Labute approximate surface area is 158 Å². The smallest absolute Gasteiger partial charge is 0.0957 e. The first kappa shape index (κ1) is 19.0. The molecule has 0 aliphatic rings. The molecule has 2 rings (SSSR count). The predicted molar refractivity (Wildman–Crippen MR) is 104 cm³/mol. The molecule has 2 nitrogen and oxygen atoms in total. The van der Waals surface area contributed by atoms with Gasteiger partial charge in [0.15, 0.2) is 0 Å². The van der Waals surface area contributed by atoms with Crippen molar-refractivity contribution in [3.8, 4) is 0 Å². The fraction of sp³-hybridized carbons (Fsp3) is 0.333. The third-order valence-corrected chi connectivity index (χ3v) is 6.12. The third-order valence-electron chi connectivity index (χ3n) is 3.90. The minimum Gasteiger partial charge on any atom is -0.392 e. The molecule has 23 heavy (non-hydrogen) atoms. The number of benzene rings is 2. The van der Waals surface area contributed by atoms with Gasteiger partial charge in [-0.15, -0.1) is 0 Å². The summed E-state index contributed by atoms with van der Waals surface area (Å²) in [6.07, 6.45) is 0. The van der Waals surface area contributed by atoms with E-state index in [1.807, 2.05) is 19.9 Å². The molecule has 2 N–H and O–H groups in total. The van der Waals surface area contributed by atoms with E-state index in [9.17, 15) is 10.2 Å². The molecule has 0 heterocycles. The maximum atomic E-state index is 9.50. The zero-order valence-corrected chi connectivity index (χ0v) is 17.3. The van der Waals surface area contributed by atoms with E-state index in [0.717, 1.165) is 37.6 Å². The Morgan fingerprint density at radius 2 is 1.39 bits per heavy atom. The van der Waals surface area contributed by atoms with Gasteiger partial charge in [0.2, 0.25) is 0 Å². The summed E-state index contributed by atoms with van der Waals surface area (Å²) in [7, 11) is 0. The number of halogens is 2. The van der Waals surface area contributed by atoms with Gasteiger partial charge in [-0.05, 0) is 66.3 Å². The summed E-state index contributed by atoms with van der Waals surface area (Å²) in [5.41, 5.74) is 6.37. The first-order valence-electron chi connectivity index (χ1n) is 7.28. The Hall–Kier alpha value is -0.330. The van der Waals surface area contributed by atoms with Crippen molar-refractivity contribution in [1.29, 1.82) is 0 Å². The SMILES string of the molecule is Cc1cc(C)c(Sc2cc(C)c(CO)cc2C(Br)Br)cc1CO. The summed E-state index contributed by atoms with van der Waals surface area (Å²) in [6.45, 7) is 6.21. The molecule has 5 heteroatoms. The second-order valence-corrected chi connectivity index (χ2v) is 9.72. The van der Waals surface area contributed by atoms with Crippen LogP contribution in [0.5, 0.6) is 0 Å². The highest BCUT2D eigenvalue weighted by Crippen LogP contribution is 2.42. The Balaban J connectivity index is 2.49. The number of hydrogen-bond donors (Lipinski definition) is 2. The Kier molecular flexibility index (Phi) is 6.75. The highest BCUT2D eigenvalue weighted by atomic mass is 79.9. The number of aliphatic hydroxyl groups excluding tert-OH is 2. The summed E-state index contributed by atoms with van der Waals surface area (Å²) in [6, 6.07) is 8.31. The van der Waals surface area contributed by atoms with Gasteiger partial charge >= 0.3 is 0 Å². The summed E-state index contributed by atoms with van der Waals surface area (Å²) in [5, 5.41) is 19.0. The van der Waals surface area contributed by atoms with Crippen molar-refractivity contribution in [1.82, 2.24) is 0 Å². The monoisotopic (exact) mass is 458 g/mol. The number of aliphatic hydroxyl groups is 2. The molecule has 0 aromatic heterocycles. The van der Waals surface area contributed by atoms with Crippen molar-refractivity contribution in [3.05, 3.63) is 57.6 Å². The van der Waals surface area contributed by atoms with Crippen LogP contribution in [0.25, 0.3) is 0 Å². The average molecular weight is 460 g/mol. The van der Waals surface area contributed by atoms with Crippen molar-refractivity contribution in [3.63, 3.8) is 0 Å². The van der Waals surface area contributed by atoms with E-state index in [1.165, 1.54) is 5.56 Å². The normalized spacial score (nSPS) is 11.3. The summed E-state index contributed by atoms with van der Waals surface area (Å²) < 4.78 is 0.0199. The van der Waals surface area contributed by atoms with Crippen LogP contribution in [-0.2, 0) is 13.2 Å². The van der Waals surface area contributed by atoms with E-state index in [4.69, 9.17) is 0 Å². The highest BCUT2D eigenvalue weighted by molar-refractivity contribution is 9.24. The van der Waals surface area contributed by atoms with Crippen LogP contribution in [0.2, 0.25) is 0 Å². The van der Waals surface area contributed by atoms with E-state index in [0.29, 0.717) is 0 Å². The highest BCUT2D eigenvalue weighted by Gasteiger charge is 2.15. The molecule has 0 radical (unpaired) electrons. The van der Waals surface area contributed by atoms with Crippen LogP contribution < -0.4 is 0 Å². The maximum absolute atomic E-state index is 9.50. The quantitative estimate of drug-likeness (QED) is 0.577. The van der Waals surface area contributed by atoms with Gasteiger partial charge in [-0.1, -0.05) is 55.8 Å². The molecule has 0 atom stereocenters. The maximum Gasteiger partial charge on any atom is 0.0957 e. The fourth-order valence-corrected chi connectivity index (χ4v) is 4.70. The third kappa shape index (κ3) is 4.40. The molecule has 2 aromatic carbocycles. The summed E-state index contributed by atoms with van der Waals surface area (Å²) >= 11 is 8.84. The minimum absolute atomic E-state index is 0.0199. The molecule has 0 fully saturated rings. The largest absolute Gasteiger partial charge is 0.392 e. The lowest BCUT2D eigenvalue weighted by Gasteiger charge is -2.16. The van der Waals surface area contributed by atoms with Crippen LogP contribution in [-0.4, -0.2) is 10.2 Å². The van der Waals surface area contributed by atoms with Gasteiger partial charge in [-0.2, -0.15) is 0 Å². The minimum atomic E-state index is 0.0199. The second-order valence-electron chi connectivity index (χ2n) is 5.58. The number of aryl methyl sites for hydroxylation is 3. The molecule has 0 bridgehead atoms. The van der Waals surface area contributed by atoms with Gasteiger partial charge in [0, 0.05) is 9.79 Å². The van der Waals surface area contributed by atoms with E-state index in [1.54, 1.807) is 11.8 Å². The average Bonchev–Trinajstić information content (AvgIpc) is 2.49. The molecular formula is C18H20Br2O2S. The zero-order valence-electron chi connectivity index (χ0n) is 13.4. The molecule has 0 saturated carbocycles. The summed E-state index contributed by atoms with van der Waals surface area (Å²) in [4.78, 5) is 2.27. The van der Waals surface area contributed by atoms with Crippen LogP contribution in [0.1, 0.15) is 37.1 Å². The molecule has 0 spiro atoms. The van der Waals surface area contributed by atoms with Gasteiger partial charge in [0.1, 0.15) is 0 Å². The fourth-order valence-electron chi connectivity index (χ4n) is 2.45. The standard InChI is InChI=1S/C18H20Br2O2S/c1-10-4-12(3)16(7-14(10)9-22)23-17-5-11(2)13(8-21)6-15(17)18(19)20/h4-7,18,21-22H,8-9H2,1-3H3. The number of alkyl halides is 2. The molecule has 124 valence electrons. The van der Waals surface area contributed by atoms with Crippen molar-refractivity contribution >= 4 is 43.6 Å². The lowest BCUT2D eigenvalue weighted by Crippen LogP contribution is -1.96. The van der Waals surface area contributed by atoms with Crippen LogP contribution >= 0.6 is 43.6 Å². The first-order valence-corrected chi connectivity index (χ1v) is 9.93. The molecule has 0 unspecified atom stereocenters. The Bertz CT molecular complexity index is 715. The van der Waals surface area contributed by atoms with Gasteiger partial charge in [0.05, 0.1) is 17.0 Å². The van der Waals surface area contributed by atoms with E-state index in [-0.39, 0.29) is 17.0 Å². The Morgan fingerprint density at radius 1 is 0.826 bits per heavy atom.